The van der Waals surface area contributed by atoms with Crippen molar-refractivity contribution >= 4 is 0 Å². The zero-order valence-electron chi connectivity index (χ0n) is 40.7. The highest BCUT2D eigenvalue weighted by Crippen LogP contribution is 2.75. The second-order valence-electron chi connectivity index (χ2n) is 23.3. The number of allylic oxidation sites excluding steroid dienone is 1. The van der Waals surface area contributed by atoms with Crippen molar-refractivity contribution in [3.63, 3.8) is 0 Å². The summed E-state index contributed by atoms with van der Waals surface area (Å²) in [6.45, 7) is 13.7. The molecule has 25 atom stereocenters. The van der Waals surface area contributed by atoms with Gasteiger partial charge in [0.25, 0.3) is 0 Å². The number of fused-ring (bicyclic) bond motifs is 5. The molecule has 0 radical (unpaired) electrons. The van der Waals surface area contributed by atoms with Crippen LogP contribution >= 0.6 is 0 Å². The van der Waals surface area contributed by atoms with E-state index in [0.29, 0.717) is 32.1 Å². The summed E-state index contributed by atoms with van der Waals surface area (Å²) >= 11 is 0. The van der Waals surface area contributed by atoms with Gasteiger partial charge in [0.05, 0.1) is 49.3 Å². The standard InChI is InChI=1S/C48H82O20/c1-43(2)21-9-11-27-45(5)15-13-26(47(7,62)16-14-28(52)44(3,4)68-41-38(61)35(58)32(55)24(19-50)64-41)46(45,6)17-29(53)48(27,8)22(21)10-12-30(43)66-42-39(36(59)33(56)25(20-51)65-42)67-40-37(60)34(57)31(54)23(18-49)63-40/h9,22-42,49-62H,10-20H2,1-8H3/t22-,23-,24-,25-,26+,27+,28?,29-,30+,31-,32-,33-,34+,35+,36+,37-,38-,39-,40+,41+,42+,45+,46-,47+,48+/m1/s1. The molecule has 3 saturated carbocycles. The van der Waals surface area contributed by atoms with Gasteiger partial charge in [0.1, 0.15) is 73.2 Å². The Labute approximate surface area is 398 Å². The van der Waals surface area contributed by atoms with Gasteiger partial charge in [-0.1, -0.05) is 46.3 Å². The first-order chi connectivity index (χ1) is 31.6. The van der Waals surface area contributed by atoms with E-state index in [9.17, 15) is 71.5 Å². The summed E-state index contributed by atoms with van der Waals surface area (Å²) in [5.41, 5.74) is -3.64. The van der Waals surface area contributed by atoms with Gasteiger partial charge in [0.2, 0.25) is 0 Å². The molecule has 3 heterocycles. The van der Waals surface area contributed by atoms with E-state index in [1.54, 1.807) is 20.8 Å². The van der Waals surface area contributed by atoms with Crippen LogP contribution in [0.5, 0.6) is 0 Å². The third-order valence-corrected chi connectivity index (χ3v) is 18.9. The Hall–Kier alpha value is -1.06. The summed E-state index contributed by atoms with van der Waals surface area (Å²) in [4.78, 5) is 0. The van der Waals surface area contributed by atoms with Crippen molar-refractivity contribution < 1.29 is 99.9 Å². The summed E-state index contributed by atoms with van der Waals surface area (Å²) in [6.07, 6.45) is -19.6. The molecule has 4 aliphatic carbocycles. The summed E-state index contributed by atoms with van der Waals surface area (Å²) in [6, 6.07) is 0. The second-order valence-corrected chi connectivity index (χ2v) is 23.3. The van der Waals surface area contributed by atoms with E-state index in [-0.39, 0.29) is 36.0 Å². The highest BCUT2D eigenvalue weighted by molar-refractivity contribution is 5.32. The maximum absolute atomic E-state index is 12.6. The molecule has 394 valence electrons. The van der Waals surface area contributed by atoms with Crippen LogP contribution in [-0.2, 0) is 28.4 Å². The van der Waals surface area contributed by atoms with Crippen LogP contribution in [-0.4, -0.2) is 213 Å². The summed E-state index contributed by atoms with van der Waals surface area (Å²) in [7, 11) is 0. The monoisotopic (exact) mass is 979 g/mol. The van der Waals surface area contributed by atoms with Gasteiger partial charge in [-0.05, 0) is 101 Å². The van der Waals surface area contributed by atoms with Gasteiger partial charge in [-0.25, -0.2) is 0 Å². The van der Waals surface area contributed by atoms with Crippen LogP contribution in [0.25, 0.3) is 0 Å². The van der Waals surface area contributed by atoms with Crippen molar-refractivity contribution in [1.29, 1.82) is 0 Å². The summed E-state index contributed by atoms with van der Waals surface area (Å²) in [5.74, 6) is -0.306. The Morgan fingerprint density at radius 3 is 1.76 bits per heavy atom. The lowest BCUT2D eigenvalue weighted by molar-refractivity contribution is -0.375. The lowest BCUT2D eigenvalue weighted by Crippen LogP contribution is -2.66. The van der Waals surface area contributed by atoms with Crippen LogP contribution in [0.2, 0.25) is 0 Å². The Kier molecular flexibility index (Phi) is 15.8. The molecular formula is C48H82O20. The normalized spacial score (nSPS) is 50.9. The zero-order valence-corrected chi connectivity index (χ0v) is 40.7. The molecule has 6 fully saturated rings. The van der Waals surface area contributed by atoms with Crippen molar-refractivity contribution in [1.82, 2.24) is 0 Å². The third-order valence-electron chi connectivity index (χ3n) is 18.9. The van der Waals surface area contributed by atoms with Gasteiger partial charge < -0.3 is 99.9 Å². The molecule has 0 bridgehead atoms. The minimum absolute atomic E-state index is 0.0166. The van der Waals surface area contributed by atoms with Gasteiger partial charge in [0, 0.05) is 10.8 Å². The van der Waals surface area contributed by atoms with Crippen LogP contribution in [0.4, 0.5) is 0 Å². The minimum Gasteiger partial charge on any atom is -0.394 e. The predicted molar refractivity (Wildman–Crippen MR) is 236 cm³/mol. The number of hydrogen-bond acceptors (Lipinski definition) is 20. The highest BCUT2D eigenvalue weighted by atomic mass is 16.8. The SMILES string of the molecule is CC(C)(O[C@@H]1O[C@H](CO)[C@@H](O)[C@H](O)[C@H]1O)C(O)CC[C@](C)(O)[C@H]1CC[C@@]2(C)[C@@H]3CC=C4[C@@H](CC[C@H](O[C@@H]5O[C@H](CO)[C@@H](O)[C@H](O)[C@H]5O[C@@H]5O[C@H](CO)[C@@H](O)[C@H](O)[C@H]5O)C4(C)C)[C@]3(C)[C@H](O)C[C@]12C. The average Bonchev–Trinajstić information content (AvgIpc) is 3.56. The number of hydrogen-bond donors (Lipinski definition) is 14. The number of rotatable bonds is 14. The van der Waals surface area contributed by atoms with E-state index in [0.717, 1.165) is 12.0 Å². The molecule has 20 nitrogen and oxygen atoms in total. The topological polar surface area (TPSA) is 339 Å². The molecule has 7 aliphatic rings. The molecule has 1 unspecified atom stereocenters. The quantitative estimate of drug-likeness (QED) is 0.0842. The molecule has 0 amide bonds. The Morgan fingerprint density at radius 1 is 0.662 bits per heavy atom. The van der Waals surface area contributed by atoms with E-state index in [1.807, 2.05) is 13.8 Å². The largest absolute Gasteiger partial charge is 0.394 e. The molecule has 0 aromatic rings. The lowest BCUT2D eigenvalue weighted by Gasteiger charge is -2.68. The van der Waals surface area contributed by atoms with Crippen molar-refractivity contribution in [2.75, 3.05) is 19.8 Å². The van der Waals surface area contributed by atoms with Crippen molar-refractivity contribution in [2.45, 2.75) is 228 Å². The molecule has 14 N–H and O–H groups in total. The molecule has 7 rings (SSSR count). The van der Waals surface area contributed by atoms with Crippen LogP contribution in [0, 0.1) is 39.4 Å². The molecule has 68 heavy (non-hydrogen) atoms. The van der Waals surface area contributed by atoms with Crippen molar-refractivity contribution in [3.05, 3.63) is 11.6 Å². The third kappa shape index (κ3) is 8.98. The smallest absolute Gasteiger partial charge is 0.187 e. The van der Waals surface area contributed by atoms with Crippen molar-refractivity contribution in [3.8, 4) is 0 Å². The fourth-order valence-electron chi connectivity index (χ4n) is 14.2. The highest BCUT2D eigenvalue weighted by Gasteiger charge is 2.71. The first-order valence-corrected chi connectivity index (χ1v) is 24.6. The van der Waals surface area contributed by atoms with Gasteiger partial charge in [-0.2, -0.15) is 0 Å². The fourth-order valence-corrected chi connectivity index (χ4v) is 14.2. The summed E-state index contributed by atoms with van der Waals surface area (Å²) in [5, 5.41) is 151. The van der Waals surface area contributed by atoms with Crippen molar-refractivity contribution in [2.24, 2.45) is 39.4 Å². The number of aliphatic hydroxyl groups excluding tert-OH is 13. The lowest BCUT2D eigenvalue weighted by atomic mass is 9.38. The Balaban J connectivity index is 1.06. The molecule has 0 aromatic heterocycles. The number of aliphatic hydroxyl groups is 14. The molecular weight excluding hydrogens is 897 g/mol. The van der Waals surface area contributed by atoms with Gasteiger partial charge >= 0.3 is 0 Å². The van der Waals surface area contributed by atoms with Gasteiger partial charge in [-0.3, -0.25) is 0 Å². The summed E-state index contributed by atoms with van der Waals surface area (Å²) < 4.78 is 35.7. The van der Waals surface area contributed by atoms with Crippen LogP contribution in [0.3, 0.4) is 0 Å². The maximum Gasteiger partial charge on any atom is 0.187 e. The molecule has 0 spiro atoms. The van der Waals surface area contributed by atoms with E-state index in [2.05, 4.69) is 26.8 Å². The van der Waals surface area contributed by atoms with E-state index in [1.165, 1.54) is 0 Å². The predicted octanol–water partition coefficient (Wildman–Crippen LogP) is -1.94. The number of ether oxygens (including phenoxy) is 6. The van der Waals surface area contributed by atoms with Gasteiger partial charge in [-0.15, -0.1) is 0 Å². The van der Waals surface area contributed by atoms with E-state index in [4.69, 9.17) is 28.4 Å². The van der Waals surface area contributed by atoms with Crippen LogP contribution in [0.15, 0.2) is 11.6 Å². The Morgan fingerprint density at radius 2 is 1.19 bits per heavy atom. The second kappa shape index (κ2) is 19.7. The first-order valence-electron chi connectivity index (χ1n) is 24.6. The first kappa shape index (κ1) is 54.7. The maximum atomic E-state index is 12.6. The molecule has 20 heteroatoms. The van der Waals surface area contributed by atoms with Crippen LogP contribution < -0.4 is 0 Å². The average molecular weight is 979 g/mol. The minimum atomic E-state index is -1.81. The van der Waals surface area contributed by atoms with E-state index >= 15 is 0 Å². The molecule has 3 saturated heterocycles. The molecule has 3 aliphatic heterocycles. The molecule has 0 aromatic carbocycles. The van der Waals surface area contributed by atoms with E-state index < -0.39 is 158 Å². The Bertz CT molecular complexity index is 1760. The fraction of sp³-hybridized carbons (Fsp3) is 0.958. The zero-order chi connectivity index (χ0) is 50.4. The van der Waals surface area contributed by atoms with Crippen LogP contribution in [0.1, 0.15) is 107 Å². The van der Waals surface area contributed by atoms with Gasteiger partial charge in [0.15, 0.2) is 18.9 Å².